The first kappa shape index (κ1) is 27.8. The Morgan fingerprint density at radius 3 is 2.10 bits per heavy atom. The van der Waals surface area contributed by atoms with E-state index in [1.807, 2.05) is 24.3 Å². The number of morpholine rings is 2. The van der Waals surface area contributed by atoms with Crippen LogP contribution in [0.25, 0.3) is 11.3 Å². The molecule has 0 bridgehead atoms. The highest BCUT2D eigenvalue weighted by Gasteiger charge is 2.14. The maximum absolute atomic E-state index is 12.2. The molecule has 40 heavy (non-hydrogen) atoms. The summed E-state index contributed by atoms with van der Waals surface area (Å²) >= 11 is 0. The fraction of sp³-hybridized carbons (Fsp3) is 0.355. The second kappa shape index (κ2) is 14.0. The molecular formula is C31H34N4O5. The Morgan fingerprint density at radius 2 is 1.48 bits per heavy atom. The summed E-state index contributed by atoms with van der Waals surface area (Å²) in [6.07, 6.45) is 0. The number of amides is 1. The Balaban J connectivity index is 1.23. The topological polar surface area (TPSA) is 96.4 Å². The van der Waals surface area contributed by atoms with Gasteiger partial charge in [0.25, 0.3) is 5.91 Å². The van der Waals surface area contributed by atoms with Gasteiger partial charge in [-0.3, -0.25) is 19.8 Å². The second-order valence-corrected chi connectivity index (χ2v) is 9.74. The van der Waals surface area contributed by atoms with Crippen molar-refractivity contribution in [3.05, 3.63) is 82.9 Å². The fourth-order valence-corrected chi connectivity index (χ4v) is 4.61. The highest BCUT2D eigenvalue weighted by Crippen LogP contribution is 2.23. The lowest BCUT2D eigenvalue weighted by atomic mass is 10.1. The van der Waals surface area contributed by atoms with E-state index in [9.17, 15) is 4.79 Å². The molecule has 2 N–H and O–H groups in total. The molecule has 0 spiro atoms. The van der Waals surface area contributed by atoms with E-state index in [2.05, 4.69) is 50.9 Å². The van der Waals surface area contributed by atoms with Crippen molar-refractivity contribution in [1.82, 2.24) is 20.3 Å². The number of benzene rings is 2. The molecule has 0 aliphatic carbocycles. The molecule has 208 valence electrons. The molecule has 1 aromatic heterocycles. The van der Waals surface area contributed by atoms with Crippen LogP contribution in [0, 0.1) is 11.8 Å². The third-order valence-corrected chi connectivity index (χ3v) is 6.92. The lowest BCUT2D eigenvalue weighted by Gasteiger charge is -2.26. The minimum Gasteiger partial charge on any atom is -0.476 e. The Morgan fingerprint density at radius 1 is 0.875 bits per heavy atom. The van der Waals surface area contributed by atoms with Gasteiger partial charge in [-0.15, -0.1) is 0 Å². The first-order chi connectivity index (χ1) is 19.7. The van der Waals surface area contributed by atoms with Gasteiger partial charge >= 0.3 is 0 Å². The minimum absolute atomic E-state index is 0.259. The third-order valence-electron chi connectivity index (χ3n) is 6.92. The van der Waals surface area contributed by atoms with Gasteiger partial charge in [-0.05, 0) is 35.9 Å². The van der Waals surface area contributed by atoms with Gasteiger partial charge in [0.05, 0.1) is 32.1 Å². The van der Waals surface area contributed by atoms with Gasteiger partial charge in [-0.2, -0.15) is 0 Å². The number of carbonyl (C=O) groups excluding carboxylic acids is 1. The van der Waals surface area contributed by atoms with Crippen molar-refractivity contribution in [2.75, 3.05) is 65.8 Å². The molecule has 2 aliphatic heterocycles. The Bertz CT molecular complexity index is 1320. The molecule has 9 nitrogen and oxygen atoms in total. The number of carbonyl (C=O) groups is 1. The number of hydrogen-bond donors (Lipinski definition) is 2. The van der Waals surface area contributed by atoms with Crippen molar-refractivity contribution in [2.45, 2.75) is 6.54 Å². The van der Waals surface area contributed by atoms with E-state index in [0.29, 0.717) is 18.2 Å². The molecule has 2 aromatic carbocycles. The average Bonchev–Trinajstić information content (AvgIpc) is 3.01. The van der Waals surface area contributed by atoms with Gasteiger partial charge in [0.1, 0.15) is 6.61 Å². The minimum atomic E-state index is -0.625. The molecule has 0 atom stereocenters. The zero-order valence-corrected chi connectivity index (χ0v) is 22.5. The van der Waals surface area contributed by atoms with Crippen LogP contribution in [0.3, 0.4) is 0 Å². The summed E-state index contributed by atoms with van der Waals surface area (Å²) in [6.45, 7) is 8.79. The van der Waals surface area contributed by atoms with Gasteiger partial charge < -0.3 is 14.2 Å². The zero-order chi connectivity index (χ0) is 27.6. The molecule has 2 fully saturated rings. The van der Waals surface area contributed by atoms with Crippen LogP contribution in [0.15, 0.2) is 60.7 Å². The third kappa shape index (κ3) is 7.88. The highest BCUT2D eigenvalue weighted by molar-refractivity contribution is 5.94. The normalized spacial score (nSPS) is 16.1. The van der Waals surface area contributed by atoms with Gasteiger partial charge in [-0.1, -0.05) is 36.1 Å². The van der Waals surface area contributed by atoms with E-state index in [1.54, 1.807) is 11.5 Å². The van der Waals surface area contributed by atoms with Crippen molar-refractivity contribution in [2.24, 2.45) is 0 Å². The summed E-state index contributed by atoms with van der Waals surface area (Å²) in [5.41, 5.74) is 6.42. The molecule has 1 amide bonds. The SMILES string of the molecule is O=C(NO)c1cc(OCCN2CCOCC2)nc(-c2ccc(C#Cc3ccc(CN4CCOCC4)cc3)cc2)c1. The number of aromatic nitrogens is 1. The smallest absolute Gasteiger partial charge is 0.274 e. The van der Waals surface area contributed by atoms with Crippen molar-refractivity contribution >= 4 is 5.91 Å². The van der Waals surface area contributed by atoms with Crippen LogP contribution < -0.4 is 10.2 Å². The van der Waals surface area contributed by atoms with Crippen LogP contribution in [-0.4, -0.2) is 91.7 Å². The molecule has 0 unspecified atom stereocenters. The first-order valence-corrected chi connectivity index (χ1v) is 13.6. The molecule has 5 rings (SSSR count). The van der Waals surface area contributed by atoms with E-state index in [4.69, 9.17) is 19.4 Å². The highest BCUT2D eigenvalue weighted by atomic mass is 16.5. The lowest BCUT2D eigenvalue weighted by molar-refractivity contribution is 0.0320. The molecule has 3 aromatic rings. The van der Waals surface area contributed by atoms with Crippen molar-refractivity contribution < 1.29 is 24.2 Å². The molecular weight excluding hydrogens is 508 g/mol. The lowest BCUT2D eigenvalue weighted by Crippen LogP contribution is -2.38. The standard InChI is InChI=1S/C31H34N4O5/c36-31(33-37)28-21-29(32-30(22-28)40-20-15-34-11-16-38-17-12-34)27-9-7-25(8-10-27)2-1-24-3-5-26(6-4-24)23-35-13-18-39-19-14-35/h3-10,21-22,37H,11-20,23H2,(H,33,36). The molecule has 0 radical (unpaired) electrons. The van der Waals surface area contributed by atoms with Gasteiger partial charge in [0.15, 0.2) is 0 Å². The summed E-state index contributed by atoms with van der Waals surface area (Å²) in [5, 5.41) is 9.16. The van der Waals surface area contributed by atoms with Crippen molar-refractivity contribution in [1.29, 1.82) is 0 Å². The fourth-order valence-electron chi connectivity index (χ4n) is 4.61. The largest absolute Gasteiger partial charge is 0.476 e. The van der Waals surface area contributed by atoms with Crippen molar-refractivity contribution in [3.8, 4) is 29.0 Å². The molecule has 0 saturated carbocycles. The molecule has 3 heterocycles. The number of hydroxylamine groups is 1. The van der Waals surface area contributed by atoms with Crippen LogP contribution in [-0.2, 0) is 16.0 Å². The zero-order valence-electron chi connectivity index (χ0n) is 22.5. The number of rotatable bonds is 8. The van der Waals surface area contributed by atoms with E-state index in [1.165, 1.54) is 11.6 Å². The first-order valence-electron chi connectivity index (χ1n) is 13.6. The predicted octanol–water partition coefficient (Wildman–Crippen LogP) is 2.81. The van der Waals surface area contributed by atoms with Crippen LogP contribution in [0.1, 0.15) is 27.0 Å². The summed E-state index contributed by atoms with van der Waals surface area (Å²) in [6, 6.07) is 19.2. The molecule has 2 saturated heterocycles. The monoisotopic (exact) mass is 542 g/mol. The predicted molar refractivity (Wildman–Crippen MR) is 150 cm³/mol. The van der Waals surface area contributed by atoms with Crippen molar-refractivity contribution in [3.63, 3.8) is 0 Å². The summed E-state index contributed by atoms with van der Waals surface area (Å²) in [5.74, 6) is 6.15. The Kier molecular flexibility index (Phi) is 9.74. The number of nitrogens with one attached hydrogen (secondary N) is 1. The summed E-state index contributed by atoms with van der Waals surface area (Å²) in [4.78, 5) is 21.4. The number of ether oxygens (including phenoxy) is 3. The maximum Gasteiger partial charge on any atom is 0.274 e. The van der Waals surface area contributed by atoms with E-state index < -0.39 is 5.91 Å². The maximum atomic E-state index is 12.2. The van der Waals surface area contributed by atoms with E-state index >= 15 is 0 Å². The summed E-state index contributed by atoms with van der Waals surface area (Å²) < 4.78 is 16.7. The van der Waals surface area contributed by atoms with E-state index in [0.717, 1.165) is 82.4 Å². The van der Waals surface area contributed by atoms with Gasteiger partial charge in [0, 0.05) is 67.6 Å². The Labute approximate surface area is 234 Å². The summed E-state index contributed by atoms with van der Waals surface area (Å²) in [7, 11) is 0. The van der Waals surface area contributed by atoms with Crippen LogP contribution in [0.4, 0.5) is 0 Å². The number of pyridine rings is 1. The average molecular weight is 543 g/mol. The Hall–Kier alpha value is -3.78. The molecule has 2 aliphatic rings. The number of hydrogen-bond acceptors (Lipinski definition) is 8. The van der Waals surface area contributed by atoms with Gasteiger partial charge in [-0.25, -0.2) is 10.5 Å². The van der Waals surface area contributed by atoms with E-state index in [-0.39, 0.29) is 5.56 Å². The van der Waals surface area contributed by atoms with Crippen LogP contribution in [0.2, 0.25) is 0 Å². The number of nitrogens with zero attached hydrogens (tertiary/aromatic N) is 3. The quantitative estimate of drug-likeness (QED) is 0.255. The second-order valence-electron chi connectivity index (χ2n) is 9.74. The van der Waals surface area contributed by atoms with Crippen LogP contribution >= 0.6 is 0 Å². The van der Waals surface area contributed by atoms with Gasteiger partial charge in [0.2, 0.25) is 5.88 Å². The molecule has 9 heteroatoms. The van der Waals surface area contributed by atoms with Crippen LogP contribution in [0.5, 0.6) is 5.88 Å².